The number of oxazole rings is 1. The number of hydrogen-bond acceptors (Lipinski definition) is 5. The Morgan fingerprint density at radius 2 is 1.78 bits per heavy atom. The average molecular weight is 430 g/mol. The summed E-state index contributed by atoms with van der Waals surface area (Å²) in [7, 11) is 3.72. The number of quaternary nitrogens is 1. The molecular weight excluding hydrogens is 404 g/mol. The van der Waals surface area contributed by atoms with E-state index >= 15 is 0 Å². The van der Waals surface area contributed by atoms with Gasteiger partial charge in [-0.25, -0.2) is 9.55 Å². The molecule has 2 atom stereocenters. The number of benzene rings is 2. The number of fused-ring (bicyclic) bond motifs is 1. The molecule has 0 radical (unpaired) electrons. The van der Waals surface area contributed by atoms with Crippen molar-refractivity contribution in [3.63, 3.8) is 0 Å². The summed E-state index contributed by atoms with van der Waals surface area (Å²) in [4.78, 5) is 23.2. The fourth-order valence-electron chi connectivity index (χ4n) is 5.80. The van der Waals surface area contributed by atoms with Crippen molar-refractivity contribution in [3.8, 4) is 17.3 Å². The van der Waals surface area contributed by atoms with Crippen molar-refractivity contribution < 1.29 is 14.4 Å². The molecule has 2 bridgehead atoms. The normalized spacial score (nSPS) is 23.4. The second-order valence-corrected chi connectivity index (χ2v) is 9.35. The van der Waals surface area contributed by atoms with Crippen molar-refractivity contribution >= 4 is 17.0 Å². The van der Waals surface area contributed by atoms with Crippen LogP contribution >= 0.6 is 0 Å². The molecule has 162 valence electrons. The van der Waals surface area contributed by atoms with Crippen LogP contribution in [0.3, 0.4) is 0 Å². The second kappa shape index (κ2) is 6.77. The van der Waals surface area contributed by atoms with Gasteiger partial charge >= 0.3 is 11.5 Å². The zero-order chi connectivity index (χ0) is 22.0. The van der Waals surface area contributed by atoms with Crippen LogP contribution in [0.1, 0.15) is 30.9 Å². The zero-order valence-electron chi connectivity index (χ0n) is 18.1. The standard InChI is InChI=1S/C25H24N4O3/c1-28(21(16-8-4-3-5-9-16)25-12-15(13-25)14-25)24-27-19(20(30)23(31)29(24)2)22-26-17-10-6-7-11-18(17)32-22/h3-11,15,21,30H,12-14H2,1-2H3/p+1. The fraction of sp³-hybridized carbons (Fsp3) is 0.320. The highest BCUT2D eigenvalue weighted by Crippen LogP contribution is 2.69. The van der Waals surface area contributed by atoms with Gasteiger partial charge in [0.25, 0.3) is 5.89 Å². The maximum Gasteiger partial charge on any atom is 0.311 e. The van der Waals surface area contributed by atoms with Gasteiger partial charge in [0, 0.05) is 18.0 Å². The Morgan fingerprint density at radius 1 is 1.09 bits per heavy atom. The molecule has 0 spiro atoms. The third-order valence-electron chi connectivity index (χ3n) is 7.38. The molecule has 2 unspecified atom stereocenters. The SMILES string of the molecule is Cn1c([NH+](C)C(c2ccccc2)C23CC(C2)C3)nc(-c2nc3ccccc3o2)c(O)c1=O. The monoisotopic (exact) mass is 429 g/mol. The highest BCUT2D eigenvalue weighted by Gasteiger charge is 2.64. The van der Waals surface area contributed by atoms with Crippen molar-refractivity contribution in [2.75, 3.05) is 7.05 Å². The molecule has 3 saturated carbocycles. The molecule has 0 amide bonds. The van der Waals surface area contributed by atoms with E-state index in [1.54, 1.807) is 13.1 Å². The molecule has 3 fully saturated rings. The maximum absolute atomic E-state index is 13.0. The Labute approximate surface area is 185 Å². The predicted octanol–water partition coefficient (Wildman–Crippen LogP) is 2.98. The largest absolute Gasteiger partial charge is 0.501 e. The molecule has 2 N–H and O–H groups in total. The van der Waals surface area contributed by atoms with Gasteiger partial charge in [0.15, 0.2) is 11.3 Å². The van der Waals surface area contributed by atoms with Crippen LogP contribution in [0.2, 0.25) is 0 Å². The van der Waals surface area contributed by atoms with Gasteiger partial charge in [-0.05, 0) is 37.3 Å². The smallest absolute Gasteiger partial charge is 0.311 e. The summed E-state index contributed by atoms with van der Waals surface area (Å²) in [6, 6.07) is 18.0. The number of aromatic nitrogens is 3. The van der Waals surface area contributed by atoms with E-state index < -0.39 is 11.3 Å². The quantitative estimate of drug-likeness (QED) is 0.510. The van der Waals surface area contributed by atoms with Gasteiger partial charge in [0.05, 0.1) is 7.05 Å². The summed E-state index contributed by atoms with van der Waals surface area (Å²) in [5.41, 5.74) is 2.31. The molecule has 7 heteroatoms. The molecule has 7 rings (SSSR count). The molecule has 7 nitrogen and oxygen atoms in total. The van der Waals surface area contributed by atoms with E-state index in [4.69, 9.17) is 9.40 Å². The molecule has 0 saturated heterocycles. The van der Waals surface area contributed by atoms with E-state index in [1.807, 2.05) is 24.3 Å². The van der Waals surface area contributed by atoms with Crippen molar-refractivity contribution in [1.82, 2.24) is 14.5 Å². The van der Waals surface area contributed by atoms with E-state index in [0.717, 1.165) is 10.8 Å². The van der Waals surface area contributed by atoms with Crippen LogP contribution in [-0.2, 0) is 7.05 Å². The van der Waals surface area contributed by atoms with Crippen molar-refractivity contribution in [1.29, 1.82) is 0 Å². The number of nitrogens with zero attached hydrogens (tertiary/aromatic N) is 3. The molecule has 4 aromatic rings. The van der Waals surface area contributed by atoms with Crippen LogP contribution < -0.4 is 10.5 Å². The third-order valence-corrected chi connectivity index (χ3v) is 7.38. The van der Waals surface area contributed by atoms with Crippen LogP contribution in [0.4, 0.5) is 5.95 Å². The Hall–Kier alpha value is -3.45. The van der Waals surface area contributed by atoms with Crippen LogP contribution in [-0.4, -0.2) is 26.7 Å². The van der Waals surface area contributed by atoms with Gasteiger partial charge in [0.1, 0.15) is 11.6 Å². The van der Waals surface area contributed by atoms with Gasteiger partial charge in [-0.3, -0.25) is 9.69 Å². The number of aromatic hydroxyl groups is 1. The Kier molecular flexibility index (Phi) is 4.07. The molecule has 3 aliphatic rings. The zero-order valence-corrected chi connectivity index (χ0v) is 18.1. The van der Waals surface area contributed by atoms with Crippen LogP contribution in [0.25, 0.3) is 22.7 Å². The second-order valence-electron chi connectivity index (χ2n) is 9.35. The number of hydrogen-bond donors (Lipinski definition) is 2. The van der Waals surface area contributed by atoms with Gasteiger partial charge < -0.3 is 9.52 Å². The summed E-state index contributed by atoms with van der Waals surface area (Å²) in [6.45, 7) is 0. The summed E-state index contributed by atoms with van der Waals surface area (Å²) in [5.74, 6) is 1.10. The molecule has 2 heterocycles. The molecule has 32 heavy (non-hydrogen) atoms. The predicted molar refractivity (Wildman–Crippen MR) is 120 cm³/mol. The third kappa shape index (κ3) is 2.67. The fourth-order valence-corrected chi connectivity index (χ4v) is 5.80. The van der Waals surface area contributed by atoms with Gasteiger partial charge in [0.2, 0.25) is 5.75 Å². The highest BCUT2D eigenvalue weighted by atomic mass is 16.4. The first-order valence-electron chi connectivity index (χ1n) is 11.0. The van der Waals surface area contributed by atoms with Gasteiger partial charge in [-0.2, -0.15) is 4.98 Å². The van der Waals surface area contributed by atoms with E-state index in [0.29, 0.717) is 17.0 Å². The van der Waals surface area contributed by atoms with Crippen LogP contribution in [0.5, 0.6) is 5.75 Å². The minimum atomic E-state index is -0.504. The summed E-state index contributed by atoms with van der Waals surface area (Å²) < 4.78 is 7.27. The van der Waals surface area contributed by atoms with Crippen LogP contribution in [0.15, 0.2) is 63.8 Å². The first-order chi connectivity index (χ1) is 15.5. The van der Waals surface area contributed by atoms with E-state index in [9.17, 15) is 9.90 Å². The lowest BCUT2D eigenvalue weighted by Gasteiger charge is -2.64. The minimum Gasteiger partial charge on any atom is -0.501 e. The summed E-state index contributed by atoms with van der Waals surface area (Å²) in [6.07, 6.45) is 3.65. The topological polar surface area (TPSA) is 85.6 Å². The van der Waals surface area contributed by atoms with Crippen molar-refractivity contribution in [3.05, 3.63) is 70.5 Å². The lowest BCUT2D eigenvalue weighted by Crippen LogP contribution is -3.08. The summed E-state index contributed by atoms with van der Waals surface area (Å²) in [5, 5.41) is 10.6. The van der Waals surface area contributed by atoms with Crippen molar-refractivity contribution in [2.24, 2.45) is 18.4 Å². The first kappa shape index (κ1) is 19.3. The van der Waals surface area contributed by atoms with E-state index in [1.165, 1.54) is 29.4 Å². The average Bonchev–Trinajstić information content (AvgIpc) is 3.18. The Balaban J connectivity index is 1.49. The van der Waals surface area contributed by atoms with Crippen molar-refractivity contribution in [2.45, 2.75) is 25.3 Å². The minimum absolute atomic E-state index is 0.0862. The van der Waals surface area contributed by atoms with Gasteiger partial charge in [-0.15, -0.1) is 0 Å². The molecular formula is C25H25N4O3+. The van der Waals surface area contributed by atoms with Crippen LogP contribution in [0, 0.1) is 11.3 Å². The Bertz CT molecular complexity index is 1340. The Morgan fingerprint density at radius 3 is 2.44 bits per heavy atom. The number of rotatable bonds is 5. The highest BCUT2D eigenvalue weighted by molar-refractivity contribution is 5.76. The molecule has 3 aliphatic carbocycles. The van der Waals surface area contributed by atoms with Gasteiger partial charge in [-0.1, -0.05) is 42.5 Å². The van der Waals surface area contributed by atoms with E-state index in [2.05, 4.69) is 36.3 Å². The molecule has 0 aliphatic heterocycles. The molecule has 2 aromatic carbocycles. The number of nitrogens with one attached hydrogen (secondary N) is 1. The van der Waals surface area contributed by atoms with E-state index in [-0.39, 0.29) is 23.0 Å². The lowest BCUT2D eigenvalue weighted by molar-refractivity contribution is -0.868. The molecule has 2 aromatic heterocycles. The first-order valence-corrected chi connectivity index (χ1v) is 11.0. The summed E-state index contributed by atoms with van der Waals surface area (Å²) >= 11 is 0. The maximum atomic E-state index is 13.0. The lowest BCUT2D eigenvalue weighted by atomic mass is 9.41. The number of para-hydroxylation sites is 2.